The van der Waals surface area contributed by atoms with Crippen molar-refractivity contribution < 1.29 is 5.11 Å². The quantitative estimate of drug-likeness (QED) is 0.402. The first-order valence-corrected chi connectivity index (χ1v) is 1.63. The Morgan fingerprint density at radius 3 is 2.29 bits per heavy atom. The van der Waals surface area contributed by atoms with Crippen LogP contribution < -0.4 is 0 Å². The number of aliphatic imine (C=N–C) groups is 2. The van der Waals surface area contributed by atoms with Gasteiger partial charge in [0.15, 0.2) is 0 Å². The Kier molecular flexibility index (Phi) is 2.59. The van der Waals surface area contributed by atoms with Crippen LogP contribution in [0.2, 0.25) is 0 Å². The number of nitrogens with zero attached hydrogens (tertiary/aromatic N) is 2. The molecule has 0 bridgehead atoms. The third-order valence-electron chi connectivity index (χ3n) is 0.369. The number of rotatable bonds is 2. The molecule has 7 heavy (non-hydrogen) atoms. The summed E-state index contributed by atoms with van der Waals surface area (Å²) < 4.78 is 0. The average Bonchev–Trinajstić information content (AvgIpc) is 1.68. The SMILES string of the molecule is C=N/C=C(\O)N=C. The summed E-state index contributed by atoms with van der Waals surface area (Å²) in [4.78, 5) is 6.32. The lowest BCUT2D eigenvalue weighted by Gasteiger charge is -1.79. The topological polar surface area (TPSA) is 45.0 Å². The Hall–Kier alpha value is -1.12. The summed E-state index contributed by atoms with van der Waals surface area (Å²) in [5, 5.41) is 8.36. The summed E-state index contributed by atoms with van der Waals surface area (Å²) in [6.07, 6.45) is 1.10. The third kappa shape index (κ3) is 2.69. The van der Waals surface area contributed by atoms with E-state index in [1.807, 2.05) is 0 Å². The van der Waals surface area contributed by atoms with Gasteiger partial charge in [-0.3, -0.25) is 4.99 Å². The molecular weight excluding hydrogens is 92.1 g/mol. The fourth-order valence-electron chi connectivity index (χ4n) is 0.122. The van der Waals surface area contributed by atoms with Gasteiger partial charge >= 0.3 is 0 Å². The summed E-state index contributed by atoms with van der Waals surface area (Å²) in [7, 11) is 0. The molecule has 0 saturated carbocycles. The first-order chi connectivity index (χ1) is 3.31. The lowest BCUT2D eigenvalue weighted by Crippen LogP contribution is -1.67. The van der Waals surface area contributed by atoms with Crippen LogP contribution in [0.1, 0.15) is 0 Å². The van der Waals surface area contributed by atoms with Gasteiger partial charge < -0.3 is 5.11 Å². The van der Waals surface area contributed by atoms with Gasteiger partial charge in [-0.1, -0.05) is 0 Å². The molecule has 0 aromatic heterocycles. The maximum atomic E-state index is 8.36. The van der Waals surface area contributed by atoms with Crippen molar-refractivity contribution in [3.8, 4) is 0 Å². The van der Waals surface area contributed by atoms with Gasteiger partial charge in [0.2, 0.25) is 5.88 Å². The zero-order chi connectivity index (χ0) is 5.70. The molecule has 0 rings (SSSR count). The zero-order valence-corrected chi connectivity index (χ0v) is 3.83. The van der Waals surface area contributed by atoms with E-state index in [0.717, 1.165) is 6.20 Å². The standard InChI is InChI=1S/C4H6N2O/c1-5-3-4(7)6-2/h3,7H,1-2H2/b4-3-. The van der Waals surface area contributed by atoms with Gasteiger partial charge in [0.1, 0.15) is 0 Å². The maximum absolute atomic E-state index is 8.36. The van der Waals surface area contributed by atoms with E-state index in [4.69, 9.17) is 5.11 Å². The molecule has 0 amide bonds. The number of hydrogen-bond acceptors (Lipinski definition) is 3. The molecule has 1 N–H and O–H groups in total. The smallest absolute Gasteiger partial charge is 0.229 e. The van der Waals surface area contributed by atoms with Gasteiger partial charge in [-0.25, -0.2) is 4.99 Å². The molecular formula is C4H6N2O. The summed E-state index contributed by atoms with van der Waals surface area (Å²) in [5.41, 5.74) is 0. The number of hydrogen-bond donors (Lipinski definition) is 1. The summed E-state index contributed by atoms with van der Waals surface area (Å²) in [5.74, 6) is -0.213. The van der Waals surface area contributed by atoms with Crippen LogP contribution in [0, 0.1) is 0 Å². The van der Waals surface area contributed by atoms with E-state index in [0.29, 0.717) is 0 Å². The summed E-state index contributed by atoms with van der Waals surface area (Å²) in [6.45, 7) is 6.10. The summed E-state index contributed by atoms with van der Waals surface area (Å²) >= 11 is 0. The molecule has 3 nitrogen and oxygen atoms in total. The Bertz CT molecular complexity index is 106. The van der Waals surface area contributed by atoms with Gasteiger partial charge in [-0.2, -0.15) is 0 Å². The van der Waals surface area contributed by atoms with Crippen molar-refractivity contribution >= 4 is 13.4 Å². The second kappa shape index (κ2) is 3.08. The van der Waals surface area contributed by atoms with Crippen LogP contribution >= 0.6 is 0 Å². The van der Waals surface area contributed by atoms with Crippen LogP contribution in [-0.4, -0.2) is 18.5 Å². The maximum Gasteiger partial charge on any atom is 0.229 e. The van der Waals surface area contributed by atoms with E-state index in [9.17, 15) is 0 Å². The highest BCUT2D eigenvalue weighted by atomic mass is 16.3. The van der Waals surface area contributed by atoms with Gasteiger partial charge in [-0.05, 0) is 13.4 Å². The molecule has 0 atom stereocenters. The van der Waals surface area contributed by atoms with Crippen molar-refractivity contribution in [2.24, 2.45) is 9.98 Å². The van der Waals surface area contributed by atoms with Crippen molar-refractivity contribution in [3.05, 3.63) is 12.1 Å². The predicted octanol–water partition coefficient (Wildman–Crippen LogP) is 0.744. The van der Waals surface area contributed by atoms with Crippen molar-refractivity contribution in [1.82, 2.24) is 0 Å². The molecule has 0 radical (unpaired) electrons. The van der Waals surface area contributed by atoms with E-state index in [-0.39, 0.29) is 5.88 Å². The van der Waals surface area contributed by atoms with E-state index in [2.05, 4.69) is 23.4 Å². The van der Waals surface area contributed by atoms with E-state index < -0.39 is 0 Å². The van der Waals surface area contributed by atoms with E-state index >= 15 is 0 Å². The monoisotopic (exact) mass is 98.0 g/mol. The molecule has 0 aliphatic rings. The summed E-state index contributed by atoms with van der Waals surface area (Å²) in [6, 6.07) is 0. The normalized spacial score (nSPS) is 10.6. The lowest BCUT2D eigenvalue weighted by atomic mass is 10.8. The second-order valence-electron chi connectivity index (χ2n) is 0.828. The Morgan fingerprint density at radius 2 is 2.14 bits per heavy atom. The largest absolute Gasteiger partial charge is 0.492 e. The molecule has 38 valence electrons. The molecule has 0 aliphatic carbocycles. The van der Waals surface area contributed by atoms with Gasteiger partial charge in [-0.15, -0.1) is 0 Å². The van der Waals surface area contributed by atoms with Crippen LogP contribution in [-0.2, 0) is 0 Å². The molecule has 0 spiro atoms. The molecule has 0 heterocycles. The van der Waals surface area contributed by atoms with Crippen LogP contribution in [0.15, 0.2) is 22.1 Å². The van der Waals surface area contributed by atoms with Crippen LogP contribution in [0.3, 0.4) is 0 Å². The lowest BCUT2D eigenvalue weighted by molar-refractivity contribution is 0.406. The Labute approximate surface area is 41.7 Å². The minimum Gasteiger partial charge on any atom is -0.492 e. The van der Waals surface area contributed by atoms with Crippen molar-refractivity contribution in [3.63, 3.8) is 0 Å². The molecule has 0 saturated heterocycles. The van der Waals surface area contributed by atoms with Crippen molar-refractivity contribution in [2.45, 2.75) is 0 Å². The van der Waals surface area contributed by atoms with Crippen molar-refractivity contribution in [1.29, 1.82) is 0 Å². The molecule has 0 aromatic rings. The molecule has 3 heteroatoms. The Balaban J connectivity index is 3.72. The Morgan fingerprint density at radius 1 is 1.57 bits per heavy atom. The molecule has 0 unspecified atom stereocenters. The predicted molar refractivity (Wildman–Crippen MR) is 29.8 cm³/mol. The number of aliphatic hydroxyl groups excluding tert-OH is 1. The fourth-order valence-corrected chi connectivity index (χ4v) is 0.122. The average molecular weight is 98.1 g/mol. The third-order valence-corrected chi connectivity index (χ3v) is 0.369. The first kappa shape index (κ1) is 5.88. The zero-order valence-electron chi connectivity index (χ0n) is 3.83. The highest BCUT2D eigenvalue weighted by Gasteiger charge is 1.74. The van der Waals surface area contributed by atoms with Gasteiger partial charge in [0, 0.05) is 0 Å². The van der Waals surface area contributed by atoms with Crippen LogP contribution in [0.25, 0.3) is 0 Å². The number of aliphatic hydroxyl groups is 1. The second-order valence-corrected chi connectivity index (χ2v) is 0.828. The molecule has 0 fully saturated rings. The fraction of sp³-hybridized carbons (Fsp3) is 0. The van der Waals surface area contributed by atoms with E-state index in [1.54, 1.807) is 0 Å². The first-order valence-electron chi connectivity index (χ1n) is 1.63. The van der Waals surface area contributed by atoms with Gasteiger partial charge in [0.05, 0.1) is 6.20 Å². The minimum atomic E-state index is -0.213. The molecule has 0 aliphatic heterocycles. The highest BCUT2D eigenvalue weighted by molar-refractivity contribution is 5.29. The van der Waals surface area contributed by atoms with Crippen molar-refractivity contribution in [2.75, 3.05) is 0 Å². The van der Waals surface area contributed by atoms with Crippen LogP contribution in [0.4, 0.5) is 0 Å². The minimum absolute atomic E-state index is 0.213. The molecule has 0 aromatic carbocycles. The van der Waals surface area contributed by atoms with Gasteiger partial charge in [0.25, 0.3) is 0 Å². The van der Waals surface area contributed by atoms with Crippen LogP contribution in [0.5, 0.6) is 0 Å². The van der Waals surface area contributed by atoms with E-state index in [1.165, 1.54) is 0 Å². The highest BCUT2D eigenvalue weighted by Crippen LogP contribution is 1.84.